The zero-order valence-corrected chi connectivity index (χ0v) is 20.8. The van der Waals surface area contributed by atoms with Crippen molar-refractivity contribution in [3.8, 4) is 11.5 Å². The number of fused-ring (bicyclic) bond motifs is 2. The molecule has 4 aromatic rings. The number of benzene rings is 3. The van der Waals surface area contributed by atoms with Gasteiger partial charge in [-0.2, -0.15) is 0 Å². The summed E-state index contributed by atoms with van der Waals surface area (Å²) in [4.78, 5) is 38.6. The Kier molecular flexibility index (Phi) is 6.45. The molecular formula is C27H23ClN4O5. The number of anilines is 1. The Hall–Kier alpha value is -4.50. The lowest BCUT2D eigenvalue weighted by molar-refractivity contribution is -0.136. The van der Waals surface area contributed by atoms with Gasteiger partial charge in [-0.05, 0) is 79.1 Å². The van der Waals surface area contributed by atoms with Crippen LogP contribution in [0, 0.1) is 13.8 Å². The molecular weight excluding hydrogens is 496 g/mol. The molecule has 0 aliphatic carbocycles. The number of hydrogen-bond acceptors (Lipinski definition) is 5. The summed E-state index contributed by atoms with van der Waals surface area (Å²) in [6.45, 7) is 4.18. The molecule has 0 saturated carbocycles. The monoisotopic (exact) mass is 518 g/mol. The first kappa shape index (κ1) is 24.2. The fraction of sp³-hybridized carbons (Fsp3) is 0.148. The molecule has 188 valence electrons. The third kappa shape index (κ3) is 5.07. The molecule has 9 nitrogen and oxygen atoms in total. The zero-order valence-electron chi connectivity index (χ0n) is 20.1. The van der Waals surface area contributed by atoms with Crippen molar-refractivity contribution in [1.29, 1.82) is 0 Å². The van der Waals surface area contributed by atoms with E-state index in [2.05, 4.69) is 16.1 Å². The van der Waals surface area contributed by atoms with Crippen LogP contribution in [0.2, 0.25) is 5.02 Å². The van der Waals surface area contributed by atoms with E-state index in [0.717, 1.165) is 16.7 Å². The molecule has 2 heterocycles. The number of aromatic nitrogens is 1. The van der Waals surface area contributed by atoms with Gasteiger partial charge in [-0.25, -0.2) is 4.68 Å². The Labute approximate surface area is 217 Å². The number of halogens is 1. The number of hydrogen-bond donors (Lipinski definition) is 3. The van der Waals surface area contributed by atoms with Crippen molar-refractivity contribution in [3.63, 3.8) is 0 Å². The van der Waals surface area contributed by atoms with Gasteiger partial charge in [-0.15, -0.1) is 0 Å². The van der Waals surface area contributed by atoms with Gasteiger partial charge in [-0.3, -0.25) is 19.8 Å². The molecule has 37 heavy (non-hydrogen) atoms. The van der Waals surface area contributed by atoms with Gasteiger partial charge in [-0.1, -0.05) is 23.7 Å². The first-order chi connectivity index (χ1) is 17.8. The smallest absolute Gasteiger partial charge is 0.328 e. The largest absolute Gasteiger partial charge is 0.454 e. The molecule has 0 atom stereocenters. The lowest BCUT2D eigenvalue weighted by Crippen LogP contribution is -2.39. The molecule has 0 spiro atoms. The van der Waals surface area contributed by atoms with Crippen molar-refractivity contribution in [1.82, 2.24) is 9.99 Å². The predicted octanol–water partition coefficient (Wildman–Crippen LogP) is 4.28. The highest BCUT2D eigenvalue weighted by Gasteiger charge is 2.21. The number of amides is 3. The number of nitrogens with zero attached hydrogens (tertiary/aromatic N) is 1. The van der Waals surface area contributed by atoms with Crippen molar-refractivity contribution in [3.05, 3.63) is 88.1 Å². The second-order valence-electron chi connectivity index (χ2n) is 8.63. The topological polar surface area (TPSA) is 111 Å². The highest BCUT2D eigenvalue weighted by Crippen LogP contribution is 2.32. The molecule has 3 amide bonds. The standard InChI is InChI=1S/C27H23ClN4O5/c1-15-3-6-20(9-16(15)2)30-25(33)22-12-18-11-19(28)5-7-21(18)32(22)31-27(35)26(34)29-13-17-4-8-23-24(10-17)37-14-36-23/h3-12H,13-14H2,1-2H3,(H,29,34)(H,30,33)(H,31,35). The van der Waals surface area contributed by atoms with Crippen molar-refractivity contribution in [2.75, 3.05) is 17.5 Å². The molecule has 10 heteroatoms. The van der Waals surface area contributed by atoms with Crippen LogP contribution in [-0.2, 0) is 16.1 Å². The predicted molar refractivity (Wildman–Crippen MR) is 140 cm³/mol. The lowest BCUT2D eigenvalue weighted by atomic mass is 10.1. The maximum absolute atomic E-state index is 13.2. The highest BCUT2D eigenvalue weighted by atomic mass is 35.5. The number of nitrogens with one attached hydrogen (secondary N) is 3. The van der Waals surface area contributed by atoms with Gasteiger partial charge in [0.2, 0.25) is 6.79 Å². The first-order valence-corrected chi connectivity index (χ1v) is 11.8. The third-order valence-corrected chi connectivity index (χ3v) is 6.31. The van der Waals surface area contributed by atoms with Gasteiger partial charge in [0.05, 0.1) is 5.52 Å². The summed E-state index contributed by atoms with van der Waals surface area (Å²) < 4.78 is 11.9. The Morgan fingerprint density at radius 2 is 1.70 bits per heavy atom. The van der Waals surface area contributed by atoms with Gasteiger partial charge in [0.1, 0.15) is 5.69 Å². The molecule has 0 fully saturated rings. The van der Waals surface area contributed by atoms with E-state index in [0.29, 0.717) is 33.1 Å². The number of rotatable bonds is 5. The van der Waals surface area contributed by atoms with Gasteiger partial charge in [0.15, 0.2) is 11.5 Å². The molecule has 1 aliphatic rings. The average molecular weight is 519 g/mol. The molecule has 0 radical (unpaired) electrons. The van der Waals surface area contributed by atoms with Crippen LogP contribution in [0.3, 0.4) is 0 Å². The maximum atomic E-state index is 13.2. The fourth-order valence-corrected chi connectivity index (χ4v) is 4.13. The second-order valence-corrected chi connectivity index (χ2v) is 9.07. The van der Waals surface area contributed by atoms with Crippen LogP contribution in [-0.4, -0.2) is 29.2 Å². The van der Waals surface area contributed by atoms with Gasteiger partial charge < -0.3 is 20.1 Å². The minimum Gasteiger partial charge on any atom is -0.454 e. The summed E-state index contributed by atoms with van der Waals surface area (Å²) in [6.07, 6.45) is 0. The molecule has 5 rings (SSSR count). The third-order valence-electron chi connectivity index (χ3n) is 6.07. The molecule has 0 bridgehead atoms. The second kappa shape index (κ2) is 9.87. The van der Waals surface area contributed by atoms with E-state index in [1.165, 1.54) is 4.68 Å². The van der Waals surface area contributed by atoms with Crippen LogP contribution in [0.4, 0.5) is 5.69 Å². The average Bonchev–Trinajstić information content (AvgIpc) is 3.48. The van der Waals surface area contributed by atoms with Gasteiger partial charge in [0, 0.05) is 22.6 Å². The molecule has 0 unspecified atom stereocenters. The van der Waals surface area contributed by atoms with Crippen molar-refractivity contribution in [2.45, 2.75) is 20.4 Å². The van der Waals surface area contributed by atoms with E-state index in [-0.39, 0.29) is 19.0 Å². The Morgan fingerprint density at radius 3 is 2.51 bits per heavy atom. The van der Waals surface area contributed by atoms with Crippen LogP contribution in [0.25, 0.3) is 10.9 Å². The van der Waals surface area contributed by atoms with Crippen molar-refractivity contribution < 1.29 is 23.9 Å². The summed E-state index contributed by atoms with van der Waals surface area (Å²) in [7, 11) is 0. The van der Waals surface area contributed by atoms with E-state index in [1.807, 2.05) is 26.0 Å². The maximum Gasteiger partial charge on any atom is 0.328 e. The van der Waals surface area contributed by atoms with Crippen LogP contribution >= 0.6 is 11.6 Å². The van der Waals surface area contributed by atoms with E-state index in [1.54, 1.807) is 48.5 Å². The van der Waals surface area contributed by atoms with E-state index in [9.17, 15) is 14.4 Å². The molecule has 3 N–H and O–H groups in total. The van der Waals surface area contributed by atoms with Crippen LogP contribution < -0.4 is 25.5 Å². The summed E-state index contributed by atoms with van der Waals surface area (Å²) in [5.41, 5.74) is 6.64. The molecule has 1 aliphatic heterocycles. The highest BCUT2D eigenvalue weighted by molar-refractivity contribution is 6.38. The Balaban J connectivity index is 1.35. The van der Waals surface area contributed by atoms with E-state index >= 15 is 0 Å². The summed E-state index contributed by atoms with van der Waals surface area (Å²) in [5.74, 6) is -1.06. The first-order valence-electron chi connectivity index (χ1n) is 11.5. The van der Waals surface area contributed by atoms with Crippen LogP contribution in [0.1, 0.15) is 27.2 Å². The molecule has 1 aromatic heterocycles. The molecule has 0 saturated heterocycles. The van der Waals surface area contributed by atoms with Crippen LogP contribution in [0.15, 0.2) is 60.7 Å². The van der Waals surface area contributed by atoms with Gasteiger partial charge >= 0.3 is 11.8 Å². The van der Waals surface area contributed by atoms with E-state index in [4.69, 9.17) is 21.1 Å². The minimum atomic E-state index is -0.937. The van der Waals surface area contributed by atoms with Crippen molar-refractivity contribution >= 4 is 45.9 Å². The number of carbonyl (C=O) groups excluding carboxylic acids is 3. The Bertz CT molecular complexity index is 1560. The fourth-order valence-electron chi connectivity index (χ4n) is 3.95. The number of carbonyl (C=O) groups is 3. The summed E-state index contributed by atoms with van der Waals surface area (Å²) >= 11 is 6.13. The minimum absolute atomic E-state index is 0.102. The lowest BCUT2D eigenvalue weighted by Gasteiger charge is -2.13. The Morgan fingerprint density at radius 1 is 0.892 bits per heavy atom. The normalized spacial score (nSPS) is 11.9. The molecule has 3 aromatic carbocycles. The zero-order chi connectivity index (χ0) is 26.1. The van der Waals surface area contributed by atoms with Gasteiger partial charge in [0.25, 0.3) is 5.91 Å². The van der Waals surface area contributed by atoms with Crippen LogP contribution in [0.5, 0.6) is 11.5 Å². The number of ether oxygens (including phenoxy) is 2. The summed E-state index contributed by atoms with van der Waals surface area (Å²) in [5, 5.41) is 6.52. The quantitative estimate of drug-likeness (QED) is 0.342. The SMILES string of the molecule is Cc1ccc(NC(=O)c2cc3cc(Cl)ccc3n2NC(=O)C(=O)NCc2ccc3c(c2)OCO3)cc1C. The van der Waals surface area contributed by atoms with E-state index < -0.39 is 17.7 Å². The number of aryl methyl sites for hydroxylation is 2. The van der Waals surface area contributed by atoms with Crippen molar-refractivity contribution in [2.24, 2.45) is 0 Å². The summed E-state index contributed by atoms with van der Waals surface area (Å²) in [6, 6.07) is 17.4.